The number of benzene rings is 1. The molecule has 0 unspecified atom stereocenters. The Kier molecular flexibility index (Phi) is 6.38. The van der Waals surface area contributed by atoms with E-state index in [0.717, 1.165) is 47.9 Å². The van der Waals surface area contributed by atoms with Crippen LogP contribution < -0.4 is 10.5 Å². The summed E-state index contributed by atoms with van der Waals surface area (Å²) in [5.41, 5.74) is 7.66. The first kappa shape index (κ1) is 14.3. The fourth-order valence-electron chi connectivity index (χ4n) is 1.90. The second-order valence-corrected chi connectivity index (χ2v) is 4.86. The Morgan fingerprint density at radius 3 is 2.24 bits per heavy atom. The molecule has 96 valence electrons. The highest BCUT2D eigenvalue weighted by atomic mass is 35.5. The van der Waals surface area contributed by atoms with Crippen LogP contribution in [0.1, 0.15) is 36.8 Å². The van der Waals surface area contributed by atoms with Gasteiger partial charge in [-0.15, -0.1) is 0 Å². The predicted molar refractivity (Wildman–Crippen MR) is 73.9 cm³/mol. The highest BCUT2D eigenvalue weighted by molar-refractivity contribution is 6.30. The Hall–Kier alpha value is -0.730. The van der Waals surface area contributed by atoms with Gasteiger partial charge in [-0.05, 0) is 56.5 Å². The van der Waals surface area contributed by atoms with Crippen LogP contribution in [0, 0.1) is 13.8 Å². The van der Waals surface area contributed by atoms with E-state index in [4.69, 9.17) is 22.1 Å². The first-order valence-corrected chi connectivity index (χ1v) is 6.62. The molecular weight excluding hydrogens is 234 g/mol. The molecule has 0 bridgehead atoms. The molecule has 0 spiro atoms. The molecule has 0 radical (unpaired) electrons. The first-order valence-electron chi connectivity index (χ1n) is 6.24. The second kappa shape index (κ2) is 7.57. The van der Waals surface area contributed by atoms with E-state index in [-0.39, 0.29) is 0 Å². The van der Waals surface area contributed by atoms with Gasteiger partial charge in [0, 0.05) is 5.02 Å². The molecule has 0 heterocycles. The summed E-state index contributed by atoms with van der Waals surface area (Å²) in [6, 6.07) is 3.89. The Balaban J connectivity index is 2.36. The Morgan fingerprint density at radius 1 is 1.06 bits per heavy atom. The minimum absolute atomic E-state index is 0.772. The van der Waals surface area contributed by atoms with Crippen LogP contribution in [0.3, 0.4) is 0 Å². The first-order chi connectivity index (χ1) is 8.15. The topological polar surface area (TPSA) is 35.2 Å². The van der Waals surface area contributed by atoms with Gasteiger partial charge in [0.25, 0.3) is 0 Å². The van der Waals surface area contributed by atoms with Crippen molar-refractivity contribution in [1.82, 2.24) is 0 Å². The van der Waals surface area contributed by atoms with Gasteiger partial charge in [-0.25, -0.2) is 0 Å². The molecule has 0 amide bonds. The van der Waals surface area contributed by atoms with E-state index >= 15 is 0 Å². The molecule has 1 aromatic carbocycles. The quantitative estimate of drug-likeness (QED) is 0.751. The summed E-state index contributed by atoms with van der Waals surface area (Å²) in [6.45, 7) is 5.62. The number of nitrogens with two attached hydrogens (primary N) is 1. The van der Waals surface area contributed by atoms with Crippen LogP contribution in [0.5, 0.6) is 5.75 Å². The Labute approximate surface area is 109 Å². The zero-order valence-corrected chi connectivity index (χ0v) is 11.5. The van der Waals surface area contributed by atoms with Crippen molar-refractivity contribution in [3.8, 4) is 5.75 Å². The molecule has 0 aromatic heterocycles. The van der Waals surface area contributed by atoms with E-state index in [0.29, 0.717) is 0 Å². The van der Waals surface area contributed by atoms with E-state index in [9.17, 15) is 0 Å². The number of ether oxygens (including phenoxy) is 1. The minimum Gasteiger partial charge on any atom is -0.493 e. The molecule has 0 fully saturated rings. The molecule has 0 saturated carbocycles. The minimum atomic E-state index is 0.772. The lowest BCUT2D eigenvalue weighted by Gasteiger charge is -2.12. The van der Waals surface area contributed by atoms with Crippen molar-refractivity contribution in [3.05, 3.63) is 28.3 Å². The van der Waals surface area contributed by atoms with Crippen molar-refractivity contribution in [2.45, 2.75) is 39.5 Å². The highest BCUT2D eigenvalue weighted by Gasteiger charge is 2.05. The van der Waals surface area contributed by atoms with E-state index in [1.807, 2.05) is 26.0 Å². The maximum Gasteiger partial charge on any atom is 0.125 e. The number of hydrogen-bond acceptors (Lipinski definition) is 2. The summed E-state index contributed by atoms with van der Waals surface area (Å²) in [7, 11) is 0. The molecule has 0 saturated heterocycles. The standard InChI is InChI=1S/C14H22ClNO/c1-11-9-13(15)10-12(2)14(11)17-8-6-4-3-5-7-16/h9-10H,3-8,16H2,1-2H3. The molecule has 1 rings (SSSR count). The molecule has 3 heteroatoms. The summed E-state index contributed by atoms with van der Waals surface area (Å²) in [4.78, 5) is 0. The fourth-order valence-corrected chi connectivity index (χ4v) is 2.23. The number of hydrogen-bond donors (Lipinski definition) is 1. The van der Waals surface area contributed by atoms with Crippen LogP contribution in [0.15, 0.2) is 12.1 Å². The van der Waals surface area contributed by atoms with Crippen LogP contribution >= 0.6 is 11.6 Å². The van der Waals surface area contributed by atoms with Crippen LogP contribution in [-0.4, -0.2) is 13.2 Å². The molecule has 17 heavy (non-hydrogen) atoms. The summed E-state index contributed by atoms with van der Waals surface area (Å²) < 4.78 is 5.81. The Bertz CT molecular complexity index is 329. The van der Waals surface area contributed by atoms with E-state index in [2.05, 4.69) is 0 Å². The zero-order valence-electron chi connectivity index (χ0n) is 10.8. The molecule has 0 aliphatic heterocycles. The normalized spacial score (nSPS) is 10.6. The van der Waals surface area contributed by atoms with Gasteiger partial charge in [0.2, 0.25) is 0 Å². The smallest absolute Gasteiger partial charge is 0.125 e. The van der Waals surface area contributed by atoms with Crippen LogP contribution in [0.4, 0.5) is 0 Å². The van der Waals surface area contributed by atoms with Gasteiger partial charge in [0.1, 0.15) is 5.75 Å². The molecule has 0 aliphatic carbocycles. The second-order valence-electron chi connectivity index (χ2n) is 4.42. The number of unbranched alkanes of at least 4 members (excludes halogenated alkanes) is 3. The van der Waals surface area contributed by atoms with E-state index < -0.39 is 0 Å². The van der Waals surface area contributed by atoms with Crippen molar-refractivity contribution >= 4 is 11.6 Å². The van der Waals surface area contributed by atoms with Gasteiger partial charge in [0.15, 0.2) is 0 Å². The van der Waals surface area contributed by atoms with Crippen molar-refractivity contribution in [3.63, 3.8) is 0 Å². The van der Waals surface area contributed by atoms with Gasteiger partial charge >= 0.3 is 0 Å². The monoisotopic (exact) mass is 255 g/mol. The maximum atomic E-state index is 5.97. The lowest BCUT2D eigenvalue weighted by Crippen LogP contribution is -2.02. The van der Waals surface area contributed by atoms with Crippen LogP contribution in [0.25, 0.3) is 0 Å². The van der Waals surface area contributed by atoms with Gasteiger partial charge in [-0.3, -0.25) is 0 Å². The molecule has 2 nitrogen and oxygen atoms in total. The van der Waals surface area contributed by atoms with E-state index in [1.54, 1.807) is 0 Å². The summed E-state index contributed by atoms with van der Waals surface area (Å²) >= 11 is 5.97. The van der Waals surface area contributed by atoms with Crippen molar-refractivity contribution in [2.24, 2.45) is 5.73 Å². The molecule has 0 atom stereocenters. The number of halogens is 1. The van der Waals surface area contributed by atoms with Gasteiger partial charge in [0.05, 0.1) is 6.61 Å². The van der Waals surface area contributed by atoms with Crippen LogP contribution in [0.2, 0.25) is 5.02 Å². The molecule has 1 aromatic rings. The molecule has 0 aliphatic rings. The van der Waals surface area contributed by atoms with E-state index in [1.165, 1.54) is 12.8 Å². The third-order valence-electron chi connectivity index (χ3n) is 2.77. The lowest BCUT2D eigenvalue weighted by atomic mass is 10.1. The zero-order chi connectivity index (χ0) is 12.7. The summed E-state index contributed by atoms with van der Waals surface area (Å²) in [5, 5.41) is 0.773. The van der Waals surface area contributed by atoms with Crippen molar-refractivity contribution in [1.29, 1.82) is 0 Å². The fraction of sp³-hybridized carbons (Fsp3) is 0.571. The predicted octanol–water partition coefficient (Wildman–Crippen LogP) is 3.85. The average molecular weight is 256 g/mol. The van der Waals surface area contributed by atoms with Gasteiger partial charge < -0.3 is 10.5 Å². The van der Waals surface area contributed by atoms with Gasteiger partial charge in [-0.2, -0.15) is 0 Å². The van der Waals surface area contributed by atoms with Gasteiger partial charge in [-0.1, -0.05) is 24.4 Å². The van der Waals surface area contributed by atoms with Crippen molar-refractivity contribution < 1.29 is 4.74 Å². The Morgan fingerprint density at radius 2 is 1.65 bits per heavy atom. The number of aryl methyl sites for hydroxylation is 2. The maximum absolute atomic E-state index is 5.97. The number of rotatable bonds is 7. The third-order valence-corrected chi connectivity index (χ3v) is 2.99. The lowest BCUT2D eigenvalue weighted by molar-refractivity contribution is 0.301. The third kappa shape index (κ3) is 4.97. The largest absolute Gasteiger partial charge is 0.493 e. The molecular formula is C14H22ClNO. The molecule has 2 N–H and O–H groups in total. The SMILES string of the molecule is Cc1cc(Cl)cc(C)c1OCCCCCCN. The van der Waals surface area contributed by atoms with Crippen molar-refractivity contribution in [2.75, 3.05) is 13.2 Å². The van der Waals surface area contributed by atoms with Crippen LogP contribution in [-0.2, 0) is 0 Å². The highest BCUT2D eigenvalue weighted by Crippen LogP contribution is 2.27. The summed E-state index contributed by atoms with van der Waals surface area (Å²) in [5.74, 6) is 0.980. The summed E-state index contributed by atoms with van der Waals surface area (Å²) in [6.07, 6.45) is 4.57. The average Bonchev–Trinajstić information content (AvgIpc) is 2.26.